The van der Waals surface area contributed by atoms with Crippen LogP contribution in [-0.2, 0) is 17.6 Å². The molecule has 3 rings (SSSR count). The van der Waals surface area contributed by atoms with Crippen LogP contribution in [-0.4, -0.2) is 50.3 Å². The average Bonchev–Trinajstić information content (AvgIpc) is 3.01. The molecule has 0 amide bonds. The fourth-order valence-electron chi connectivity index (χ4n) is 3.57. The monoisotopic (exact) mass is 316 g/mol. The molecule has 126 valence electrons. The standard InChI is InChI=1S/C18H28N4O/c1-22(2)18(8-10-23-11-9-18)13-20-17(19)21-16-7-6-14-4-3-5-15(14)12-16/h6-7,12H,3-5,8-11,13H2,1-2H3,(H3,19,20,21). The molecule has 0 spiro atoms. The number of benzene rings is 1. The summed E-state index contributed by atoms with van der Waals surface area (Å²) < 4.78 is 5.50. The Kier molecular flexibility index (Phi) is 4.87. The van der Waals surface area contributed by atoms with Gasteiger partial charge in [0.25, 0.3) is 0 Å². The molecule has 0 bridgehead atoms. The van der Waals surface area contributed by atoms with Gasteiger partial charge in [0.15, 0.2) is 5.96 Å². The van der Waals surface area contributed by atoms with Crippen molar-refractivity contribution in [2.45, 2.75) is 37.6 Å². The SMILES string of the molecule is CN(C)C1(CN=C(N)Nc2ccc3c(c2)CCC3)CCOCC1. The number of aliphatic imine (C=N–C) groups is 1. The lowest BCUT2D eigenvalue weighted by atomic mass is 9.89. The van der Waals surface area contributed by atoms with E-state index < -0.39 is 0 Å². The summed E-state index contributed by atoms with van der Waals surface area (Å²) in [7, 11) is 4.23. The van der Waals surface area contributed by atoms with E-state index >= 15 is 0 Å². The fourth-order valence-corrected chi connectivity index (χ4v) is 3.57. The van der Waals surface area contributed by atoms with Crippen LogP contribution in [0, 0.1) is 0 Å². The van der Waals surface area contributed by atoms with Crippen molar-refractivity contribution in [1.29, 1.82) is 0 Å². The maximum Gasteiger partial charge on any atom is 0.193 e. The highest BCUT2D eigenvalue weighted by Crippen LogP contribution is 2.27. The zero-order chi connectivity index (χ0) is 16.3. The van der Waals surface area contributed by atoms with Crippen LogP contribution in [0.5, 0.6) is 0 Å². The zero-order valence-electron chi connectivity index (χ0n) is 14.3. The van der Waals surface area contributed by atoms with Crippen LogP contribution in [0.4, 0.5) is 5.69 Å². The minimum Gasteiger partial charge on any atom is -0.381 e. The van der Waals surface area contributed by atoms with Crippen LogP contribution in [0.2, 0.25) is 0 Å². The molecule has 0 saturated carbocycles. The summed E-state index contributed by atoms with van der Waals surface area (Å²) in [5.41, 5.74) is 10.1. The first-order chi connectivity index (χ1) is 11.1. The van der Waals surface area contributed by atoms with Crippen molar-refractivity contribution >= 4 is 11.6 Å². The van der Waals surface area contributed by atoms with Crippen molar-refractivity contribution in [3.63, 3.8) is 0 Å². The van der Waals surface area contributed by atoms with Gasteiger partial charge in [0.2, 0.25) is 0 Å². The van der Waals surface area contributed by atoms with Crippen LogP contribution in [0.1, 0.15) is 30.4 Å². The van der Waals surface area contributed by atoms with Crippen LogP contribution >= 0.6 is 0 Å². The summed E-state index contributed by atoms with van der Waals surface area (Å²) in [5.74, 6) is 0.496. The third-order valence-corrected chi connectivity index (χ3v) is 5.29. The molecular formula is C18H28N4O. The molecule has 5 nitrogen and oxygen atoms in total. The second-order valence-electron chi connectivity index (χ2n) is 6.89. The summed E-state index contributed by atoms with van der Waals surface area (Å²) in [6, 6.07) is 6.52. The van der Waals surface area contributed by atoms with Gasteiger partial charge in [-0.15, -0.1) is 0 Å². The molecule has 2 aliphatic rings. The molecular weight excluding hydrogens is 288 g/mol. The van der Waals surface area contributed by atoms with E-state index in [4.69, 9.17) is 10.5 Å². The molecule has 5 heteroatoms. The number of nitrogens with zero attached hydrogens (tertiary/aromatic N) is 2. The van der Waals surface area contributed by atoms with Crippen molar-refractivity contribution in [1.82, 2.24) is 4.90 Å². The quantitative estimate of drug-likeness (QED) is 0.659. The minimum absolute atomic E-state index is 0.0580. The predicted octanol–water partition coefficient (Wildman–Crippen LogP) is 2.01. The molecule has 1 saturated heterocycles. The second kappa shape index (κ2) is 6.89. The highest BCUT2D eigenvalue weighted by Gasteiger charge is 2.34. The number of aryl methyl sites for hydroxylation is 2. The summed E-state index contributed by atoms with van der Waals surface area (Å²) in [6.45, 7) is 2.30. The van der Waals surface area contributed by atoms with E-state index in [0.717, 1.165) is 31.7 Å². The Morgan fingerprint density at radius 1 is 1.26 bits per heavy atom. The first-order valence-electron chi connectivity index (χ1n) is 8.53. The largest absolute Gasteiger partial charge is 0.381 e. The lowest BCUT2D eigenvalue weighted by Gasteiger charge is -2.41. The molecule has 1 aliphatic carbocycles. The third-order valence-electron chi connectivity index (χ3n) is 5.29. The number of nitrogens with two attached hydrogens (primary N) is 1. The van der Waals surface area contributed by atoms with Crippen LogP contribution in [0.25, 0.3) is 0 Å². The molecule has 0 atom stereocenters. The number of nitrogens with one attached hydrogen (secondary N) is 1. The van der Waals surface area contributed by atoms with Gasteiger partial charge in [-0.25, -0.2) is 0 Å². The number of fused-ring (bicyclic) bond motifs is 1. The summed E-state index contributed by atoms with van der Waals surface area (Å²) in [6.07, 6.45) is 5.62. The van der Waals surface area contributed by atoms with E-state index in [9.17, 15) is 0 Å². The molecule has 1 aromatic carbocycles. The molecule has 3 N–H and O–H groups in total. The van der Waals surface area contributed by atoms with Gasteiger partial charge in [-0.2, -0.15) is 0 Å². The number of anilines is 1. The van der Waals surface area contributed by atoms with E-state index in [0.29, 0.717) is 12.5 Å². The lowest BCUT2D eigenvalue weighted by molar-refractivity contribution is -0.00249. The molecule has 0 unspecified atom stereocenters. The highest BCUT2D eigenvalue weighted by atomic mass is 16.5. The molecule has 1 fully saturated rings. The van der Waals surface area contributed by atoms with Crippen LogP contribution < -0.4 is 11.1 Å². The first kappa shape index (κ1) is 16.3. The summed E-state index contributed by atoms with van der Waals surface area (Å²) in [4.78, 5) is 6.88. The van der Waals surface area contributed by atoms with E-state index in [1.54, 1.807) is 0 Å². The van der Waals surface area contributed by atoms with Gasteiger partial charge in [0, 0.05) is 24.4 Å². The molecule has 1 aromatic rings. The van der Waals surface area contributed by atoms with Crippen molar-refractivity contribution in [2.75, 3.05) is 39.2 Å². The van der Waals surface area contributed by atoms with Crippen LogP contribution in [0.15, 0.2) is 23.2 Å². The van der Waals surface area contributed by atoms with E-state index in [1.807, 2.05) is 0 Å². The highest BCUT2D eigenvalue weighted by molar-refractivity contribution is 5.92. The van der Waals surface area contributed by atoms with Crippen molar-refractivity contribution in [2.24, 2.45) is 10.7 Å². The van der Waals surface area contributed by atoms with Gasteiger partial charge < -0.3 is 20.7 Å². The maximum absolute atomic E-state index is 6.12. The van der Waals surface area contributed by atoms with E-state index in [-0.39, 0.29) is 5.54 Å². The number of hydrogen-bond acceptors (Lipinski definition) is 3. The number of rotatable bonds is 4. The predicted molar refractivity (Wildman–Crippen MR) is 95.1 cm³/mol. The molecule has 1 aliphatic heterocycles. The Bertz CT molecular complexity index is 576. The van der Waals surface area contributed by atoms with Gasteiger partial charge in [-0.3, -0.25) is 4.99 Å². The molecule has 1 heterocycles. The Hall–Kier alpha value is -1.59. The average molecular weight is 316 g/mol. The zero-order valence-corrected chi connectivity index (χ0v) is 14.3. The summed E-state index contributed by atoms with van der Waals surface area (Å²) in [5, 5.41) is 3.25. The smallest absolute Gasteiger partial charge is 0.193 e. The number of likely N-dealkylation sites (N-methyl/N-ethyl adjacent to an activating group) is 1. The summed E-state index contributed by atoms with van der Waals surface area (Å²) >= 11 is 0. The van der Waals surface area contributed by atoms with Gasteiger partial charge in [0.1, 0.15) is 0 Å². The van der Waals surface area contributed by atoms with Gasteiger partial charge >= 0.3 is 0 Å². The normalized spacial score (nSPS) is 20.6. The Morgan fingerprint density at radius 2 is 2.00 bits per heavy atom. The van der Waals surface area contributed by atoms with Crippen LogP contribution in [0.3, 0.4) is 0 Å². The number of hydrogen-bond donors (Lipinski definition) is 2. The molecule has 23 heavy (non-hydrogen) atoms. The molecule has 0 aromatic heterocycles. The van der Waals surface area contributed by atoms with Gasteiger partial charge in [-0.05, 0) is 69.5 Å². The van der Waals surface area contributed by atoms with E-state index in [1.165, 1.54) is 30.4 Å². The number of ether oxygens (including phenoxy) is 1. The van der Waals surface area contributed by atoms with E-state index in [2.05, 4.69) is 47.5 Å². The first-order valence-corrected chi connectivity index (χ1v) is 8.53. The maximum atomic E-state index is 6.12. The number of guanidine groups is 1. The fraction of sp³-hybridized carbons (Fsp3) is 0.611. The van der Waals surface area contributed by atoms with Crippen molar-refractivity contribution in [3.8, 4) is 0 Å². The van der Waals surface area contributed by atoms with Crippen molar-refractivity contribution < 1.29 is 4.74 Å². The van der Waals surface area contributed by atoms with Crippen molar-refractivity contribution in [3.05, 3.63) is 29.3 Å². The third kappa shape index (κ3) is 3.67. The molecule has 0 radical (unpaired) electrons. The Balaban J connectivity index is 1.65. The Morgan fingerprint density at radius 3 is 2.74 bits per heavy atom. The Labute approximate surface area is 138 Å². The minimum atomic E-state index is 0.0580. The second-order valence-corrected chi connectivity index (χ2v) is 6.89. The topological polar surface area (TPSA) is 62.9 Å². The van der Waals surface area contributed by atoms with Gasteiger partial charge in [0.05, 0.1) is 6.54 Å². The van der Waals surface area contributed by atoms with Gasteiger partial charge in [-0.1, -0.05) is 6.07 Å². The lowest BCUT2D eigenvalue weighted by Crippen LogP contribution is -2.51.